The molecule has 0 aliphatic carbocycles. The molecule has 2 rings (SSSR count). The Balaban J connectivity index is 0.000000531. The van der Waals surface area contributed by atoms with Crippen LogP contribution in [0.5, 0.6) is 0 Å². The second-order valence-corrected chi connectivity index (χ2v) is 2.52. The summed E-state index contributed by atoms with van der Waals surface area (Å²) in [5.74, 6) is 0. The zero-order valence-corrected chi connectivity index (χ0v) is 8.28. The third kappa shape index (κ3) is 2.80. The highest BCUT2D eigenvalue weighted by Gasteiger charge is 1.92. The lowest BCUT2D eigenvalue weighted by atomic mass is 10.2. The fraction of sp³-hybridized carbons (Fsp3) is 0.333. The van der Waals surface area contributed by atoms with Gasteiger partial charge in [-0.3, -0.25) is 9.97 Å². The summed E-state index contributed by atoms with van der Waals surface area (Å²) < 4.78 is 0. The quantitative estimate of drug-likeness (QED) is 0.634. The Morgan fingerprint density at radius 2 is 1.86 bits per heavy atom. The van der Waals surface area contributed by atoms with Crippen LogP contribution in [0.15, 0.2) is 30.6 Å². The molecule has 0 aromatic carbocycles. The zero-order valence-electron chi connectivity index (χ0n) is 8.28. The highest BCUT2D eigenvalue weighted by molar-refractivity contribution is 5.77. The highest BCUT2D eigenvalue weighted by Crippen LogP contribution is 2.08. The van der Waals surface area contributed by atoms with Crippen LogP contribution in [-0.2, 0) is 0 Å². The van der Waals surface area contributed by atoms with Gasteiger partial charge in [0.1, 0.15) is 0 Å². The maximum Gasteiger partial charge on any atom is 0.0735 e. The standard InChI is InChI=1S/C9H8N2.C2H6.CH4/c1-7-5-9-8(6-11-7)3-2-4-10-9;1-2;/h2-6H,1H3;1-2H3;1H4. The van der Waals surface area contributed by atoms with Crippen molar-refractivity contribution in [1.82, 2.24) is 9.97 Å². The van der Waals surface area contributed by atoms with Crippen molar-refractivity contribution in [3.05, 3.63) is 36.3 Å². The largest absolute Gasteiger partial charge is 0.261 e. The highest BCUT2D eigenvalue weighted by atomic mass is 14.7. The minimum Gasteiger partial charge on any atom is -0.261 e. The van der Waals surface area contributed by atoms with E-state index < -0.39 is 0 Å². The molecule has 0 atom stereocenters. The maximum atomic E-state index is 4.20. The second-order valence-electron chi connectivity index (χ2n) is 2.52. The number of rotatable bonds is 0. The monoisotopic (exact) mass is 190 g/mol. The minimum absolute atomic E-state index is 0. The fourth-order valence-corrected chi connectivity index (χ4v) is 1.07. The normalized spacial score (nSPS) is 8.50. The van der Waals surface area contributed by atoms with E-state index in [1.807, 2.05) is 45.2 Å². The topological polar surface area (TPSA) is 25.8 Å². The predicted octanol–water partition coefficient (Wildman–Crippen LogP) is 3.60. The zero-order chi connectivity index (χ0) is 9.68. The van der Waals surface area contributed by atoms with Crippen molar-refractivity contribution >= 4 is 10.9 Å². The van der Waals surface area contributed by atoms with Crippen LogP contribution in [0.1, 0.15) is 27.0 Å². The van der Waals surface area contributed by atoms with Crippen molar-refractivity contribution in [2.24, 2.45) is 0 Å². The molecule has 0 aliphatic rings. The summed E-state index contributed by atoms with van der Waals surface area (Å²) in [5.41, 5.74) is 2.02. The number of hydrogen-bond donors (Lipinski definition) is 0. The summed E-state index contributed by atoms with van der Waals surface area (Å²) in [4.78, 5) is 8.37. The van der Waals surface area contributed by atoms with Crippen LogP contribution in [0.2, 0.25) is 0 Å². The number of aromatic nitrogens is 2. The van der Waals surface area contributed by atoms with Gasteiger partial charge in [-0.15, -0.1) is 0 Å². The predicted molar refractivity (Wildman–Crippen MR) is 62.4 cm³/mol. The van der Waals surface area contributed by atoms with Crippen LogP contribution in [0, 0.1) is 6.92 Å². The lowest BCUT2D eigenvalue weighted by molar-refractivity contribution is 1.21. The van der Waals surface area contributed by atoms with Crippen molar-refractivity contribution in [3.8, 4) is 0 Å². The van der Waals surface area contributed by atoms with Crippen molar-refractivity contribution in [2.45, 2.75) is 28.2 Å². The molecule has 0 radical (unpaired) electrons. The van der Waals surface area contributed by atoms with Gasteiger partial charge < -0.3 is 0 Å². The molecule has 0 fully saturated rings. The summed E-state index contributed by atoms with van der Waals surface area (Å²) in [6.07, 6.45) is 3.64. The van der Waals surface area contributed by atoms with E-state index in [2.05, 4.69) is 9.97 Å². The molecular weight excluding hydrogens is 172 g/mol. The number of pyridine rings is 2. The Kier molecular flexibility index (Phi) is 5.46. The van der Waals surface area contributed by atoms with Gasteiger partial charge in [0.05, 0.1) is 5.52 Å². The van der Waals surface area contributed by atoms with E-state index in [1.165, 1.54) is 0 Å². The van der Waals surface area contributed by atoms with E-state index in [4.69, 9.17) is 0 Å². The number of fused-ring (bicyclic) bond motifs is 1. The lowest BCUT2D eigenvalue weighted by Crippen LogP contribution is -1.82. The lowest BCUT2D eigenvalue weighted by Gasteiger charge is -1.95. The van der Waals surface area contributed by atoms with Gasteiger partial charge in [0, 0.05) is 23.5 Å². The molecule has 2 heteroatoms. The molecule has 0 aliphatic heterocycles. The fourth-order valence-electron chi connectivity index (χ4n) is 1.07. The van der Waals surface area contributed by atoms with Gasteiger partial charge >= 0.3 is 0 Å². The average Bonchev–Trinajstić information content (AvgIpc) is 2.21. The SMILES string of the molecule is C.CC.Cc1cc2ncccc2cn1. The first-order valence-corrected chi connectivity index (χ1v) is 4.53. The number of aryl methyl sites for hydroxylation is 1. The van der Waals surface area contributed by atoms with Crippen LogP contribution < -0.4 is 0 Å². The number of nitrogens with zero attached hydrogens (tertiary/aromatic N) is 2. The van der Waals surface area contributed by atoms with Gasteiger partial charge in [-0.25, -0.2) is 0 Å². The Bertz CT molecular complexity index is 383. The van der Waals surface area contributed by atoms with Gasteiger partial charge in [-0.05, 0) is 25.1 Å². The van der Waals surface area contributed by atoms with Crippen molar-refractivity contribution < 1.29 is 0 Å². The molecule has 2 heterocycles. The first-order chi connectivity index (χ1) is 6.36. The molecule has 0 bridgehead atoms. The van der Waals surface area contributed by atoms with Gasteiger partial charge in [0.25, 0.3) is 0 Å². The van der Waals surface area contributed by atoms with E-state index in [0.29, 0.717) is 0 Å². The minimum atomic E-state index is 0. The third-order valence-corrected chi connectivity index (χ3v) is 1.62. The van der Waals surface area contributed by atoms with Crippen LogP contribution in [0.25, 0.3) is 10.9 Å². The van der Waals surface area contributed by atoms with Gasteiger partial charge in [0.2, 0.25) is 0 Å². The Morgan fingerprint density at radius 1 is 1.14 bits per heavy atom. The third-order valence-electron chi connectivity index (χ3n) is 1.62. The summed E-state index contributed by atoms with van der Waals surface area (Å²) in [6.45, 7) is 5.97. The van der Waals surface area contributed by atoms with Crippen LogP contribution in [0.4, 0.5) is 0 Å². The first-order valence-electron chi connectivity index (χ1n) is 4.53. The molecular formula is C12H18N2. The molecule has 0 spiro atoms. The summed E-state index contributed by atoms with van der Waals surface area (Å²) in [6, 6.07) is 5.91. The summed E-state index contributed by atoms with van der Waals surface area (Å²) in [7, 11) is 0. The van der Waals surface area contributed by atoms with Gasteiger partial charge in [-0.1, -0.05) is 21.3 Å². The Labute approximate surface area is 86.0 Å². The maximum absolute atomic E-state index is 4.20. The number of hydrogen-bond acceptors (Lipinski definition) is 2. The average molecular weight is 190 g/mol. The van der Waals surface area contributed by atoms with Crippen molar-refractivity contribution in [1.29, 1.82) is 0 Å². The molecule has 0 saturated carbocycles. The molecule has 0 saturated heterocycles. The molecule has 76 valence electrons. The van der Waals surface area contributed by atoms with Gasteiger partial charge in [-0.2, -0.15) is 0 Å². The van der Waals surface area contributed by atoms with E-state index in [0.717, 1.165) is 16.6 Å². The van der Waals surface area contributed by atoms with Crippen LogP contribution in [0.3, 0.4) is 0 Å². The molecule has 0 amide bonds. The molecule has 14 heavy (non-hydrogen) atoms. The Morgan fingerprint density at radius 3 is 2.57 bits per heavy atom. The van der Waals surface area contributed by atoms with Crippen molar-refractivity contribution in [2.75, 3.05) is 0 Å². The molecule has 0 N–H and O–H groups in total. The second kappa shape index (κ2) is 6.08. The van der Waals surface area contributed by atoms with Crippen molar-refractivity contribution in [3.63, 3.8) is 0 Å². The van der Waals surface area contributed by atoms with E-state index in [-0.39, 0.29) is 7.43 Å². The van der Waals surface area contributed by atoms with Crippen LogP contribution in [-0.4, -0.2) is 9.97 Å². The van der Waals surface area contributed by atoms with E-state index >= 15 is 0 Å². The van der Waals surface area contributed by atoms with E-state index in [9.17, 15) is 0 Å². The summed E-state index contributed by atoms with van der Waals surface area (Å²) in [5, 5.41) is 1.10. The summed E-state index contributed by atoms with van der Waals surface area (Å²) >= 11 is 0. The molecule has 2 aromatic rings. The van der Waals surface area contributed by atoms with Gasteiger partial charge in [0.15, 0.2) is 0 Å². The molecule has 0 unspecified atom stereocenters. The molecule has 2 nitrogen and oxygen atoms in total. The van der Waals surface area contributed by atoms with E-state index in [1.54, 1.807) is 6.20 Å². The van der Waals surface area contributed by atoms with Crippen LogP contribution >= 0.6 is 0 Å². The smallest absolute Gasteiger partial charge is 0.0735 e. The first kappa shape index (κ1) is 12.6. The molecule has 2 aromatic heterocycles. The Hall–Kier alpha value is -1.44.